The van der Waals surface area contributed by atoms with Crippen LogP contribution in [0.1, 0.15) is 12.5 Å². The van der Waals surface area contributed by atoms with Crippen LogP contribution in [0.3, 0.4) is 0 Å². The number of aliphatic hydroxyl groups excluding tert-OH is 1. The van der Waals surface area contributed by atoms with E-state index in [0.717, 1.165) is 23.6 Å². The highest BCUT2D eigenvalue weighted by atomic mass is 16.5. The third-order valence-corrected chi connectivity index (χ3v) is 3.64. The summed E-state index contributed by atoms with van der Waals surface area (Å²) in [7, 11) is 0. The molecule has 0 bridgehead atoms. The standard InChI is InChI=1S/C21H29N3O3/c1-3-22-21(23-12-13-26-19-9-5-4-6-10-19)24-15-18(25)16-27-20-11-7-8-17(2)14-20/h4-11,14,18,25H,3,12-13,15-16H2,1-2H3,(H2,22,23,24). The monoisotopic (exact) mass is 371 g/mol. The van der Waals surface area contributed by atoms with Crippen LogP contribution in [-0.2, 0) is 0 Å². The molecule has 0 saturated heterocycles. The zero-order valence-electron chi connectivity index (χ0n) is 16.0. The first-order valence-corrected chi connectivity index (χ1v) is 9.25. The molecule has 2 aromatic carbocycles. The molecule has 6 heteroatoms. The lowest BCUT2D eigenvalue weighted by Gasteiger charge is -2.14. The maximum absolute atomic E-state index is 10.1. The normalized spacial score (nSPS) is 12.3. The number of nitrogens with one attached hydrogen (secondary N) is 2. The average Bonchev–Trinajstić information content (AvgIpc) is 2.68. The highest BCUT2D eigenvalue weighted by Gasteiger charge is 2.06. The molecule has 0 radical (unpaired) electrons. The van der Waals surface area contributed by atoms with Crippen molar-refractivity contribution in [1.82, 2.24) is 10.6 Å². The van der Waals surface area contributed by atoms with E-state index in [1.165, 1.54) is 0 Å². The zero-order chi connectivity index (χ0) is 19.3. The molecule has 2 aromatic rings. The minimum Gasteiger partial charge on any atom is -0.492 e. The van der Waals surface area contributed by atoms with Crippen LogP contribution in [0.5, 0.6) is 11.5 Å². The molecule has 0 aliphatic rings. The predicted octanol–water partition coefficient (Wildman–Crippen LogP) is 2.37. The predicted molar refractivity (Wildman–Crippen MR) is 109 cm³/mol. The topological polar surface area (TPSA) is 75.1 Å². The van der Waals surface area contributed by atoms with E-state index in [-0.39, 0.29) is 13.2 Å². The molecule has 27 heavy (non-hydrogen) atoms. The largest absolute Gasteiger partial charge is 0.492 e. The molecule has 0 heterocycles. The van der Waals surface area contributed by atoms with Crippen LogP contribution in [-0.4, -0.2) is 50.0 Å². The molecule has 2 rings (SSSR count). The van der Waals surface area contributed by atoms with Crippen molar-refractivity contribution in [1.29, 1.82) is 0 Å². The summed E-state index contributed by atoms with van der Waals surface area (Å²) >= 11 is 0. The fraction of sp³-hybridized carbons (Fsp3) is 0.381. The van der Waals surface area contributed by atoms with Gasteiger partial charge in [-0.3, -0.25) is 4.99 Å². The number of hydrogen-bond acceptors (Lipinski definition) is 4. The molecule has 1 unspecified atom stereocenters. The van der Waals surface area contributed by atoms with Crippen molar-refractivity contribution in [2.75, 3.05) is 32.8 Å². The summed E-state index contributed by atoms with van der Waals surface area (Å²) in [6.45, 7) is 6.31. The molecule has 0 aliphatic heterocycles. The number of nitrogens with zero attached hydrogens (tertiary/aromatic N) is 1. The van der Waals surface area contributed by atoms with Crippen molar-refractivity contribution in [2.45, 2.75) is 20.0 Å². The van der Waals surface area contributed by atoms with Crippen LogP contribution in [0.4, 0.5) is 0 Å². The fourth-order valence-corrected chi connectivity index (χ4v) is 2.34. The minimum atomic E-state index is -0.679. The van der Waals surface area contributed by atoms with E-state index in [9.17, 15) is 5.11 Å². The first kappa shape index (κ1) is 20.6. The quantitative estimate of drug-likeness (QED) is 0.340. The summed E-state index contributed by atoms with van der Waals surface area (Å²) in [6, 6.07) is 17.4. The molecule has 3 N–H and O–H groups in total. The average molecular weight is 371 g/mol. The number of ether oxygens (including phenoxy) is 2. The van der Waals surface area contributed by atoms with Gasteiger partial charge in [0.25, 0.3) is 0 Å². The van der Waals surface area contributed by atoms with Gasteiger partial charge in [0.2, 0.25) is 0 Å². The third-order valence-electron chi connectivity index (χ3n) is 3.64. The number of benzene rings is 2. The van der Waals surface area contributed by atoms with Crippen molar-refractivity contribution in [2.24, 2.45) is 4.99 Å². The van der Waals surface area contributed by atoms with Crippen LogP contribution in [0.25, 0.3) is 0 Å². The Balaban J connectivity index is 1.71. The Bertz CT molecular complexity index is 692. The molecule has 6 nitrogen and oxygen atoms in total. The summed E-state index contributed by atoms with van der Waals surface area (Å²) in [6.07, 6.45) is -0.679. The van der Waals surface area contributed by atoms with Gasteiger partial charge in [-0.25, -0.2) is 0 Å². The Kier molecular flexibility index (Phi) is 9.00. The van der Waals surface area contributed by atoms with Gasteiger partial charge in [-0.05, 0) is 43.7 Å². The second kappa shape index (κ2) is 11.8. The van der Waals surface area contributed by atoms with Crippen molar-refractivity contribution >= 4 is 5.96 Å². The lowest BCUT2D eigenvalue weighted by atomic mass is 10.2. The molecule has 0 aliphatic carbocycles. The van der Waals surface area contributed by atoms with Gasteiger partial charge >= 0.3 is 0 Å². The van der Waals surface area contributed by atoms with Crippen molar-refractivity contribution < 1.29 is 14.6 Å². The number of aryl methyl sites for hydroxylation is 1. The van der Waals surface area contributed by atoms with E-state index < -0.39 is 6.10 Å². The van der Waals surface area contributed by atoms with E-state index >= 15 is 0 Å². The molecule has 0 amide bonds. The van der Waals surface area contributed by atoms with E-state index in [1.807, 2.05) is 68.4 Å². The van der Waals surface area contributed by atoms with Gasteiger partial charge in [-0.1, -0.05) is 30.3 Å². The molecule has 1 atom stereocenters. The number of aliphatic imine (C=N–C) groups is 1. The van der Waals surface area contributed by atoms with Gasteiger partial charge in [-0.15, -0.1) is 0 Å². The molecule has 0 spiro atoms. The highest BCUT2D eigenvalue weighted by Crippen LogP contribution is 2.12. The molecule has 0 saturated carbocycles. The van der Waals surface area contributed by atoms with E-state index in [0.29, 0.717) is 19.1 Å². The first-order chi connectivity index (χ1) is 13.2. The van der Waals surface area contributed by atoms with Gasteiger partial charge in [0.05, 0.1) is 13.1 Å². The molecule has 0 fully saturated rings. The third kappa shape index (κ3) is 8.46. The van der Waals surface area contributed by atoms with Gasteiger partial charge in [0, 0.05) is 6.54 Å². The Morgan fingerprint density at radius 2 is 1.81 bits per heavy atom. The summed E-state index contributed by atoms with van der Waals surface area (Å²) < 4.78 is 11.3. The molecule has 146 valence electrons. The van der Waals surface area contributed by atoms with Crippen molar-refractivity contribution in [3.8, 4) is 11.5 Å². The smallest absolute Gasteiger partial charge is 0.191 e. The van der Waals surface area contributed by atoms with Crippen molar-refractivity contribution in [3.63, 3.8) is 0 Å². The highest BCUT2D eigenvalue weighted by molar-refractivity contribution is 5.79. The van der Waals surface area contributed by atoms with Crippen LogP contribution < -0.4 is 20.1 Å². The van der Waals surface area contributed by atoms with Gasteiger partial charge < -0.3 is 25.2 Å². The number of aliphatic hydroxyl groups is 1. The minimum absolute atomic E-state index is 0.198. The molecule has 0 aromatic heterocycles. The number of para-hydroxylation sites is 1. The molecular weight excluding hydrogens is 342 g/mol. The van der Waals surface area contributed by atoms with E-state index in [2.05, 4.69) is 15.6 Å². The van der Waals surface area contributed by atoms with Gasteiger partial charge in [0.1, 0.15) is 30.8 Å². The fourth-order valence-electron chi connectivity index (χ4n) is 2.34. The second-order valence-corrected chi connectivity index (χ2v) is 6.09. The Labute approximate surface area is 161 Å². The van der Waals surface area contributed by atoms with Gasteiger partial charge in [-0.2, -0.15) is 0 Å². The van der Waals surface area contributed by atoms with Gasteiger partial charge in [0.15, 0.2) is 5.96 Å². The van der Waals surface area contributed by atoms with Crippen LogP contribution >= 0.6 is 0 Å². The van der Waals surface area contributed by atoms with Crippen LogP contribution in [0.15, 0.2) is 59.6 Å². The summed E-state index contributed by atoms with van der Waals surface area (Å²) in [5.41, 5.74) is 1.12. The SMILES string of the molecule is CCNC(=NCC(O)COc1cccc(C)c1)NCCOc1ccccc1. The van der Waals surface area contributed by atoms with E-state index in [1.54, 1.807) is 0 Å². The van der Waals surface area contributed by atoms with Crippen LogP contribution in [0, 0.1) is 6.92 Å². The number of rotatable bonds is 10. The van der Waals surface area contributed by atoms with Crippen LogP contribution in [0.2, 0.25) is 0 Å². The lowest BCUT2D eigenvalue weighted by molar-refractivity contribution is 0.114. The lowest BCUT2D eigenvalue weighted by Crippen LogP contribution is -2.40. The maximum Gasteiger partial charge on any atom is 0.191 e. The number of hydrogen-bond donors (Lipinski definition) is 3. The summed E-state index contributed by atoms with van der Waals surface area (Å²) in [5.74, 6) is 2.23. The Hall–Kier alpha value is -2.73. The van der Waals surface area contributed by atoms with E-state index in [4.69, 9.17) is 9.47 Å². The molecular formula is C21H29N3O3. The first-order valence-electron chi connectivity index (χ1n) is 9.25. The Morgan fingerprint density at radius 3 is 2.56 bits per heavy atom. The zero-order valence-corrected chi connectivity index (χ0v) is 16.0. The van der Waals surface area contributed by atoms with Crippen molar-refractivity contribution in [3.05, 3.63) is 60.2 Å². The number of guanidine groups is 1. The summed E-state index contributed by atoms with van der Waals surface area (Å²) in [4.78, 5) is 4.40. The second-order valence-electron chi connectivity index (χ2n) is 6.09. The maximum atomic E-state index is 10.1. The summed E-state index contributed by atoms with van der Waals surface area (Å²) in [5, 5.41) is 16.4. The Morgan fingerprint density at radius 1 is 1.04 bits per heavy atom.